The average molecular weight is 664 g/mol. The second-order valence-corrected chi connectivity index (χ2v) is 14.6. The fourth-order valence-corrected chi connectivity index (χ4v) is 9.75. The molecule has 6 atom stereocenters. The number of amides is 4. The Hall–Kier alpha value is -4.43. The van der Waals surface area contributed by atoms with Gasteiger partial charge in [-0.2, -0.15) is 5.01 Å². The Balaban J connectivity index is 1.31. The Morgan fingerprint density at radius 3 is 2.31 bits per heavy atom. The number of carbonyl (C=O) groups is 4. The number of rotatable bonds is 5. The van der Waals surface area contributed by atoms with E-state index in [2.05, 4.69) is 5.43 Å². The van der Waals surface area contributed by atoms with Gasteiger partial charge in [-0.1, -0.05) is 90.5 Å². The SMILES string of the molecule is Cc1ccc(NN2C(=O)[C@@H]3C[C@@H]4C(=CC[C@@H]5C(=O)N(C6CCCCC6)C(=O)[C@@H]54)[C@H](c4cc(Cl)ccc4O)[C@]3(c3ccccc3)C2=O)cc1. The molecule has 2 saturated carbocycles. The molecule has 0 unspecified atom stereocenters. The molecule has 4 amide bonds. The predicted molar refractivity (Wildman–Crippen MR) is 181 cm³/mol. The molecule has 3 aromatic rings. The number of hydrogen-bond acceptors (Lipinski definition) is 6. The number of anilines is 1. The lowest BCUT2D eigenvalue weighted by Crippen LogP contribution is -2.53. The van der Waals surface area contributed by atoms with Gasteiger partial charge < -0.3 is 5.11 Å². The minimum Gasteiger partial charge on any atom is -0.508 e. The minimum atomic E-state index is -1.46. The third-order valence-corrected chi connectivity index (χ3v) is 11.9. The minimum absolute atomic E-state index is 0.0509. The number of nitrogens with zero attached hydrogens (tertiary/aromatic N) is 2. The number of aryl methyl sites for hydroxylation is 1. The summed E-state index contributed by atoms with van der Waals surface area (Å²) in [6.07, 6.45) is 7.29. The molecule has 8 rings (SSSR count). The smallest absolute Gasteiger partial charge is 0.260 e. The van der Waals surface area contributed by atoms with Crippen LogP contribution in [0, 0.1) is 30.6 Å². The lowest BCUT2D eigenvalue weighted by molar-refractivity contribution is -0.144. The highest BCUT2D eigenvalue weighted by molar-refractivity contribution is 6.30. The van der Waals surface area contributed by atoms with Crippen molar-refractivity contribution in [2.24, 2.45) is 23.7 Å². The van der Waals surface area contributed by atoms with Gasteiger partial charge >= 0.3 is 0 Å². The van der Waals surface area contributed by atoms with Crippen molar-refractivity contribution in [1.29, 1.82) is 0 Å². The Kier molecular flexibility index (Phi) is 7.47. The van der Waals surface area contributed by atoms with E-state index in [1.54, 1.807) is 17.0 Å². The highest BCUT2D eigenvalue weighted by Gasteiger charge is 2.70. The molecule has 3 aromatic carbocycles. The van der Waals surface area contributed by atoms with Crippen molar-refractivity contribution in [3.05, 3.63) is 106 Å². The van der Waals surface area contributed by atoms with Gasteiger partial charge in [0.2, 0.25) is 11.8 Å². The van der Waals surface area contributed by atoms with E-state index in [-0.39, 0.29) is 30.0 Å². The van der Waals surface area contributed by atoms with Crippen molar-refractivity contribution in [3.63, 3.8) is 0 Å². The molecule has 4 fully saturated rings. The summed E-state index contributed by atoms with van der Waals surface area (Å²) in [7, 11) is 0. The normalized spacial score (nSPS) is 30.2. The molecule has 2 saturated heterocycles. The van der Waals surface area contributed by atoms with Gasteiger partial charge in [0.25, 0.3) is 11.8 Å². The summed E-state index contributed by atoms with van der Waals surface area (Å²) >= 11 is 6.59. The number of aromatic hydroxyl groups is 1. The number of likely N-dealkylation sites (tertiary alicyclic amines) is 1. The van der Waals surface area contributed by atoms with Gasteiger partial charge in [-0.05, 0) is 74.4 Å². The molecular weight excluding hydrogens is 626 g/mol. The number of phenolic OH excluding ortho intramolecular Hbond substituents is 1. The molecule has 2 aliphatic heterocycles. The van der Waals surface area contributed by atoms with E-state index >= 15 is 4.79 Å². The van der Waals surface area contributed by atoms with Crippen molar-refractivity contribution >= 4 is 40.9 Å². The first-order chi connectivity index (χ1) is 23.2. The van der Waals surface area contributed by atoms with Crippen LogP contribution in [-0.4, -0.2) is 44.7 Å². The molecule has 2 heterocycles. The molecule has 2 N–H and O–H groups in total. The number of phenols is 1. The van der Waals surface area contributed by atoms with Crippen LogP contribution < -0.4 is 5.43 Å². The quantitative estimate of drug-likeness (QED) is 0.233. The first-order valence-electron chi connectivity index (χ1n) is 17.0. The summed E-state index contributed by atoms with van der Waals surface area (Å²) in [6.45, 7) is 1.96. The number of halogens is 1. The summed E-state index contributed by atoms with van der Waals surface area (Å²) in [5.41, 5.74) is 5.14. The fraction of sp³-hybridized carbons (Fsp3) is 0.385. The number of carbonyl (C=O) groups excluding carboxylic acids is 4. The maximum Gasteiger partial charge on any atom is 0.260 e. The Morgan fingerprint density at radius 1 is 0.854 bits per heavy atom. The van der Waals surface area contributed by atoms with Gasteiger partial charge in [-0.15, -0.1) is 0 Å². The second kappa shape index (κ2) is 11.6. The van der Waals surface area contributed by atoms with E-state index in [1.807, 2.05) is 67.6 Å². The first kappa shape index (κ1) is 30.9. The lowest BCUT2D eigenvalue weighted by Gasteiger charge is -2.50. The molecule has 3 aliphatic carbocycles. The van der Waals surface area contributed by atoms with Crippen LogP contribution in [0.4, 0.5) is 5.69 Å². The number of hydrazine groups is 1. The third-order valence-electron chi connectivity index (χ3n) is 11.7. The molecule has 0 radical (unpaired) electrons. The first-order valence-corrected chi connectivity index (χ1v) is 17.4. The van der Waals surface area contributed by atoms with Crippen LogP contribution in [0.3, 0.4) is 0 Å². The van der Waals surface area contributed by atoms with E-state index in [4.69, 9.17) is 11.6 Å². The number of fused-ring (bicyclic) bond motifs is 4. The van der Waals surface area contributed by atoms with Crippen LogP contribution in [0.1, 0.15) is 67.6 Å². The molecule has 0 bridgehead atoms. The van der Waals surface area contributed by atoms with Crippen LogP contribution in [-0.2, 0) is 24.6 Å². The standard InChI is InChI=1S/C39H38ClN3O5/c1-22-12-15-25(16-13-22)41-43-36(46)31-21-29-27(17-18-28-33(29)37(47)42(35(28)45)26-10-6-3-7-11-26)34(30-20-24(40)14-19-32(30)44)39(31,38(43)48)23-8-4-2-5-9-23/h2,4-5,8-9,12-17,19-20,26,28-29,31,33-34,41,44H,3,6-7,10-11,18,21H2,1H3/t28-,29+,31-,33-,34+,39+/m0/s1. The van der Waals surface area contributed by atoms with Crippen molar-refractivity contribution in [3.8, 4) is 5.75 Å². The highest BCUT2D eigenvalue weighted by atomic mass is 35.5. The lowest BCUT2D eigenvalue weighted by atomic mass is 9.49. The second-order valence-electron chi connectivity index (χ2n) is 14.1. The number of nitrogens with one attached hydrogen (secondary N) is 1. The van der Waals surface area contributed by atoms with Crippen LogP contribution in [0.25, 0.3) is 0 Å². The summed E-state index contributed by atoms with van der Waals surface area (Å²) in [4.78, 5) is 59.8. The predicted octanol–water partition coefficient (Wildman–Crippen LogP) is 6.67. The van der Waals surface area contributed by atoms with Crippen LogP contribution in [0.2, 0.25) is 5.02 Å². The van der Waals surface area contributed by atoms with Gasteiger partial charge in [0.1, 0.15) is 5.75 Å². The Morgan fingerprint density at radius 2 is 1.58 bits per heavy atom. The average Bonchev–Trinajstić information content (AvgIpc) is 3.48. The largest absolute Gasteiger partial charge is 0.508 e. The van der Waals surface area contributed by atoms with Crippen LogP contribution >= 0.6 is 11.6 Å². The van der Waals surface area contributed by atoms with Gasteiger partial charge in [-0.3, -0.25) is 29.5 Å². The van der Waals surface area contributed by atoms with Crippen molar-refractivity contribution in [2.75, 3.05) is 5.43 Å². The highest BCUT2D eigenvalue weighted by Crippen LogP contribution is 2.65. The summed E-state index contributed by atoms with van der Waals surface area (Å²) in [5.74, 6) is -4.52. The zero-order valence-corrected chi connectivity index (χ0v) is 27.5. The van der Waals surface area contributed by atoms with Gasteiger partial charge in [0, 0.05) is 22.5 Å². The molecule has 48 heavy (non-hydrogen) atoms. The van der Waals surface area contributed by atoms with Crippen LogP contribution in [0.5, 0.6) is 5.75 Å². The van der Waals surface area contributed by atoms with Crippen molar-refractivity contribution in [1.82, 2.24) is 9.91 Å². The Labute approximate surface area is 284 Å². The molecule has 246 valence electrons. The topological polar surface area (TPSA) is 107 Å². The third kappa shape index (κ3) is 4.48. The van der Waals surface area contributed by atoms with Gasteiger partial charge in [0.15, 0.2) is 0 Å². The Bertz CT molecular complexity index is 1850. The van der Waals surface area contributed by atoms with Crippen molar-refractivity contribution in [2.45, 2.75) is 69.2 Å². The molecule has 0 aromatic heterocycles. The van der Waals surface area contributed by atoms with Gasteiger partial charge in [0.05, 0.1) is 28.9 Å². The number of benzene rings is 3. The fourth-order valence-electron chi connectivity index (χ4n) is 9.57. The van der Waals surface area contributed by atoms with E-state index in [0.717, 1.165) is 48.2 Å². The molecule has 9 heteroatoms. The zero-order valence-electron chi connectivity index (χ0n) is 26.8. The maximum atomic E-state index is 15.2. The van der Waals surface area contributed by atoms with E-state index < -0.39 is 46.8 Å². The van der Waals surface area contributed by atoms with E-state index in [0.29, 0.717) is 28.3 Å². The molecule has 5 aliphatic rings. The molecule has 8 nitrogen and oxygen atoms in total. The van der Waals surface area contributed by atoms with E-state index in [9.17, 15) is 19.5 Å². The number of allylic oxidation sites excluding steroid dienone is 2. The molecule has 0 spiro atoms. The summed E-state index contributed by atoms with van der Waals surface area (Å²) < 4.78 is 0. The van der Waals surface area contributed by atoms with E-state index in [1.165, 1.54) is 6.07 Å². The van der Waals surface area contributed by atoms with Crippen molar-refractivity contribution < 1.29 is 24.3 Å². The monoisotopic (exact) mass is 663 g/mol. The number of imide groups is 2. The number of hydrogen-bond donors (Lipinski definition) is 2. The summed E-state index contributed by atoms with van der Waals surface area (Å²) in [5, 5.41) is 13.0. The van der Waals surface area contributed by atoms with Gasteiger partial charge in [-0.25, -0.2) is 0 Å². The molecular formula is C39H38ClN3O5. The zero-order chi connectivity index (χ0) is 33.3. The maximum absolute atomic E-state index is 15.2. The van der Waals surface area contributed by atoms with Crippen LogP contribution in [0.15, 0.2) is 84.4 Å². The summed E-state index contributed by atoms with van der Waals surface area (Å²) in [6, 6.07) is 21.4.